The average Bonchev–Trinajstić information content (AvgIpc) is 2.56. The molecule has 0 saturated heterocycles. The van der Waals surface area contributed by atoms with Crippen molar-refractivity contribution in [2.75, 3.05) is 13.3 Å². The SMILES string of the molecule is Cc1ccc(C)c(OCNC(=O)NCCc2ccc(O)cc2)c1C. The maximum Gasteiger partial charge on any atom is 0.317 e. The van der Waals surface area contributed by atoms with Crippen LogP contribution in [0.2, 0.25) is 0 Å². The third-order valence-electron chi connectivity index (χ3n) is 3.96. The van der Waals surface area contributed by atoms with Crippen LogP contribution in [-0.2, 0) is 6.42 Å². The molecule has 5 nitrogen and oxygen atoms in total. The fraction of sp³-hybridized carbons (Fsp3) is 0.316. The zero-order chi connectivity index (χ0) is 17.5. The Hall–Kier alpha value is -2.69. The first-order chi connectivity index (χ1) is 11.5. The molecule has 0 aliphatic carbocycles. The molecular weight excluding hydrogens is 304 g/mol. The Balaban J connectivity index is 1.72. The van der Waals surface area contributed by atoms with E-state index in [0.29, 0.717) is 13.0 Å². The molecule has 0 saturated carbocycles. The summed E-state index contributed by atoms with van der Waals surface area (Å²) in [4.78, 5) is 11.8. The normalized spacial score (nSPS) is 10.3. The minimum Gasteiger partial charge on any atom is -0.508 e. The number of phenols is 1. The molecule has 0 aliphatic heterocycles. The zero-order valence-corrected chi connectivity index (χ0v) is 14.3. The predicted octanol–water partition coefficient (Wildman–Crippen LogP) is 3.20. The summed E-state index contributed by atoms with van der Waals surface area (Å²) in [5.74, 6) is 1.06. The average molecular weight is 328 g/mol. The van der Waals surface area contributed by atoms with Crippen LogP contribution in [-0.4, -0.2) is 24.4 Å². The largest absolute Gasteiger partial charge is 0.508 e. The molecule has 0 radical (unpaired) electrons. The van der Waals surface area contributed by atoms with Crippen LogP contribution >= 0.6 is 0 Å². The molecule has 0 spiro atoms. The van der Waals surface area contributed by atoms with Gasteiger partial charge < -0.3 is 20.5 Å². The van der Waals surface area contributed by atoms with Crippen molar-refractivity contribution in [2.24, 2.45) is 0 Å². The van der Waals surface area contributed by atoms with Gasteiger partial charge >= 0.3 is 6.03 Å². The van der Waals surface area contributed by atoms with Crippen molar-refractivity contribution in [1.29, 1.82) is 0 Å². The van der Waals surface area contributed by atoms with Gasteiger partial charge in [0.2, 0.25) is 0 Å². The van der Waals surface area contributed by atoms with E-state index in [2.05, 4.69) is 16.7 Å². The number of urea groups is 1. The van der Waals surface area contributed by atoms with Crippen molar-refractivity contribution in [3.63, 3.8) is 0 Å². The lowest BCUT2D eigenvalue weighted by molar-refractivity contribution is 0.223. The van der Waals surface area contributed by atoms with Crippen LogP contribution in [0.5, 0.6) is 11.5 Å². The number of rotatable bonds is 6. The molecule has 0 unspecified atom stereocenters. The standard InChI is InChI=1S/C19H24N2O3/c1-13-4-5-14(2)18(15(13)3)24-12-21-19(23)20-11-10-16-6-8-17(22)9-7-16/h4-9,22H,10-12H2,1-3H3,(H2,20,21,23). The van der Waals surface area contributed by atoms with E-state index < -0.39 is 0 Å². The van der Waals surface area contributed by atoms with Crippen LogP contribution in [0.3, 0.4) is 0 Å². The molecule has 5 heteroatoms. The van der Waals surface area contributed by atoms with Crippen molar-refractivity contribution in [3.8, 4) is 11.5 Å². The summed E-state index contributed by atoms with van der Waals surface area (Å²) in [5, 5.41) is 14.7. The molecular formula is C19H24N2O3. The Bertz CT molecular complexity index is 697. The Kier molecular flexibility index (Phi) is 6.07. The molecule has 0 bridgehead atoms. The summed E-state index contributed by atoms with van der Waals surface area (Å²) in [7, 11) is 0. The maximum absolute atomic E-state index is 11.8. The van der Waals surface area contributed by atoms with Gasteiger partial charge in [0.1, 0.15) is 11.5 Å². The zero-order valence-electron chi connectivity index (χ0n) is 14.3. The van der Waals surface area contributed by atoms with Gasteiger partial charge in [0, 0.05) is 6.54 Å². The number of phenolic OH excluding ortho intramolecular Hbond substituents is 1. The number of carbonyl (C=O) groups excluding carboxylic acids is 1. The van der Waals surface area contributed by atoms with Gasteiger partial charge in [0.15, 0.2) is 6.73 Å². The summed E-state index contributed by atoms with van der Waals surface area (Å²) in [6.07, 6.45) is 0.699. The molecule has 2 aromatic carbocycles. The highest BCUT2D eigenvalue weighted by molar-refractivity contribution is 5.73. The number of aryl methyl sites for hydroxylation is 2. The van der Waals surface area contributed by atoms with Crippen molar-refractivity contribution in [2.45, 2.75) is 27.2 Å². The maximum atomic E-state index is 11.8. The predicted molar refractivity (Wildman–Crippen MR) is 94.5 cm³/mol. The van der Waals surface area contributed by atoms with Gasteiger partial charge in [-0.2, -0.15) is 0 Å². The van der Waals surface area contributed by atoms with Gasteiger partial charge in [-0.1, -0.05) is 24.3 Å². The molecule has 0 heterocycles. The van der Waals surface area contributed by atoms with Gasteiger partial charge in [-0.15, -0.1) is 0 Å². The van der Waals surface area contributed by atoms with Crippen molar-refractivity contribution in [1.82, 2.24) is 10.6 Å². The van der Waals surface area contributed by atoms with Crippen molar-refractivity contribution < 1.29 is 14.6 Å². The fourth-order valence-electron chi connectivity index (χ4n) is 2.37. The number of aromatic hydroxyl groups is 1. The molecule has 3 N–H and O–H groups in total. The Labute approximate surface area is 142 Å². The summed E-state index contributed by atoms with van der Waals surface area (Å²) in [6, 6.07) is 10.7. The van der Waals surface area contributed by atoms with E-state index in [1.54, 1.807) is 12.1 Å². The number of carbonyl (C=O) groups is 1. The van der Waals surface area contributed by atoms with Gasteiger partial charge in [0.25, 0.3) is 0 Å². The lowest BCUT2D eigenvalue weighted by Crippen LogP contribution is -2.38. The first-order valence-electron chi connectivity index (χ1n) is 7.96. The molecule has 24 heavy (non-hydrogen) atoms. The van der Waals surface area contributed by atoms with E-state index in [-0.39, 0.29) is 18.5 Å². The number of hydrogen-bond donors (Lipinski definition) is 3. The van der Waals surface area contributed by atoms with E-state index in [4.69, 9.17) is 4.74 Å². The topological polar surface area (TPSA) is 70.6 Å². The first-order valence-corrected chi connectivity index (χ1v) is 7.96. The van der Waals surface area contributed by atoms with Gasteiger partial charge in [-0.25, -0.2) is 4.79 Å². The number of hydrogen-bond acceptors (Lipinski definition) is 3. The second kappa shape index (κ2) is 8.24. The third-order valence-corrected chi connectivity index (χ3v) is 3.96. The monoisotopic (exact) mass is 328 g/mol. The molecule has 2 rings (SSSR count). The number of nitrogens with one attached hydrogen (secondary N) is 2. The van der Waals surface area contributed by atoms with Crippen LogP contribution in [0.1, 0.15) is 22.3 Å². The number of amides is 2. The van der Waals surface area contributed by atoms with Crippen LogP contribution in [0.4, 0.5) is 4.79 Å². The Morgan fingerprint density at radius 3 is 2.38 bits per heavy atom. The fourth-order valence-corrected chi connectivity index (χ4v) is 2.37. The minimum absolute atomic E-state index is 0.121. The van der Waals surface area contributed by atoms with Gasteiger partial charge in [0.05, 0.1) is 0 Å². The van der Waals surface area contributed by atoms with E-state index >= 15 is 0 Å². The molecule has 0 atom stereocenters. The molecule has 128 valence electrons. The van der Waals surface area contributed by atoms with Crippen LogP contribution in [0.15, 0.2) is 36.4 Å². The molecule has 2 amide bonds. The second-order valence-electron chi connectivity index (χ2n) is 5.79. The number of benzene rings is 2. The van der Waals surface area contributed by atoms with E-state index in [1.165, 1.54) is 0 Å². The highest BCUT2D eigenvalue weighted by atomic mass is 16.5. The Morgan fingerprint density at radius 2 is 1.67 bits per heavy atom. The van der Waals surface area contributed by atoms with Crippen LogP contribution in [0.25, 0.3) is 0 Å². The number of ether oxygens (including phenoxy) is 1. The highest BCUT2D eigenvalue weighted by Crippen LogP contribution is 2.25. The quantitative estimate of drug-likeness (QED) is 0.713. The summed E-state index contributed by atoms with van der Waals surface area (Å²) >= 11 is 0. The first kappa shape index (κ1) is 17.7. The van der Waals surface area contributed by atoms with Crippen LogP contribution in [0, 0.1) is 20.8 Å². The van der Waals surface area contributed by atoms with E-state index in [9.17, 15) is 9.90 Å². The molecule has 0 fully saturated rings. The highest BCUT2D eigenvalue weighted by Gasteiger charge is 2.07. The Morgan fingerprint density at radius 1 is 1.00 bits per heavy atom. The van der Waals surface area contributed by atoms with Crippen molar-refractivity contribution in [3.05, 3.63) is 58.7 Å². The molecule has 2 aromatic rings. The molecule has 0 aromatic heterocycles. The smallest absolute Gasteiger partial charge is 0.317 e. The second-order valence-corrected chi connectivity index (χ2v) is 5.79. The van der Waals surface area contributed by atoms with Gasteiger partial charge in [-0.05, 0) is 61.6 Å². The molecule has 0 aliphatic rings. The van der Waals surface area contributed by atoms with Crippen LogP contribution < -0.4 is 15.4 Å². The van der Waals surface area contributed by atoms with E-state index in [1.807, 2.05) is 39.0 Å². The lowest BCUT2D eigenvalue weighted by atomic mass is 10.1. The summed E-state index contributed by atoms with van der Waals surface area (Å²) in [6.45, 7) is 6.66. The van der Waals surface area contributed by atoms with Gasteiger partial charge in [-0.3, -0.25) is 0 Å². The van der Waals surface area contributed by atoms with Crippen molar-refractivity contribution >= 4 is 6.03 Å². The lowest BCUT2D eigenvalue weighted by Gasteiger charge is -2.14. The summed E-state index contributed by atoms with van der Waals surface area (Å²) in [5.41, 5.74) is 4.35. The summed E-state index contributed by atoms with van der Waals surface area (Å²) < 4.78 is 5.70. The van der Waals surface area contributed by atoms with E-state index in [0.717, 1.165) is 28.0 Å². The minimum atomic E-state index is -0.267. The third kappa shape index (κ3) is 4.91.